The van der Waals surface area contributed by atoms with E-state index in [0.29, 0.717) is 11.3 Å². The molecule has 0 aliphatic rings. The summed E-state index contributed by atoms with van der Waals surface area (Å²) in [4.78, 5) is 32.9. The summed E-state index contributed by atoms with van der Waals surface area (Å²) in [5, 5.41) is 15.5. The molecule has 2 rings (SSSR count). The van der Waals surface area contributed by atoms with Crippen molar-refractivity contribution in [3.63, 3.8) is 0 Å². The largest absolute Gasteiger partial charge is 0.462 e. The maximum Gasteiger partial charge on any atom is 0.338 e. The van der Waals surface area contributed by atoms with Gasteiger partial charge in [-0.05, 0) is 31.2 Å². The summed E-state index contributed by atoms with van der Waals surface area (Å²) in [5.41, 5.74) is 2.45. The summed E-state index contributed by atoms with van der Waals surface area (Å²) in [6, 6.07) is 6.21. The van der Waals surface area contributed by atoms with E-state index in [0.717, 1.165) is 0 Å². The van der Waals surface area contributed by atoms with Crippen molar-refractivity contribution in [3.05, 3.63) is 55.9 Å². The minimum absolute atomic E-state index is 0.228. The number of aromatic nitrogens is 2. The summed E-state index contributed by atoms with van der Waals surface area (Å²) in [6.07, 6.45) is 0. The number of carbonyl (C=O) groups is 1. The first-order valence-electron chi connectivity index (χ1n) is 6.13. The molecule has 1 heterocycles. The van der Waals surface area contributed by atoms with Crippen LogP contribution in [-0.4, -0.2) is 22.8 Å². The number of carbonyl (C=O) groups excluding carboxylic acids is 1. The van der Waals surface area contributed by atoms with Crippen LogP contribution in [0.2, 0.25) is 0 Å². The number of anilines is 1. The zero-order chi connectivity index (χ0) is 15.9. The van der Waals surface area contributed by atoms with Gasteiger partial charge in [-0.2, -0.15) is 5.10 Å². The monoisotopic (exact) mass is 302 g/mol. The lowest BCUT2D eigenvalue weighted by Gasteiger charge is -2.03. The molecule has 1 aromatic heterocycles. The van der Waals surface area contributed by atoms with E-state index in [2.05, 4.69) is 31.1 Å². The topological polar surface area (TPSA) is 135 Å². The quantitative estimate of drug-likeness (QED) is 0.442. The number of hydrogen-bond donors (Lipinski definition) is 1. The van der Waals surface area contributed by atoms with E-state index in [-0.39, 0.29) is 17.5 Å². The molecule has 0 fully saturated rings. The molecular weight excluding hydrogens is 292 g/mol. The fraction of sp³-hybridized carbons (Fsp3) is 0.167. The zero-order valence-corrected chi connectivity index (χ0v) is 11.4. The molecule has 0 amide bonds. The van der Waals surface area contributed by atoms with Crippen LogP contribution in [0.1, 0.15) is 17.3 Å². The van der Waals surface area contributed by atoms with Gasteiger partial charge in [0.25, 0.3) is 0 Å². The van der Waals surface area contributed by atoms with Gasteiger partial charge in [0.05, 0.1) is 23.1 Å². The van der Waals surface area contributed by atoms with Crippen LogP contribution in [0.4, 0.5) is 5.69 Å². The first-order chi connectivity index (χ1) is 10.7. The molecule has 2 aromatic rings. The molecule has 0 saturated carbocycles. The first-order valence-corrected chi connectivity index (χ1v) is 6.13. The lowest BCUT2D eigenvalue weighted by atomic mass is 10.2. The standard InChI is InChI=1S/C12H10N6O4/c1-2-22-12(20)7-3-5-8(6-4-7)13-14-9-10(16-18-21)15-17-11(9)19/h3-6,13H,2H2,1H3/b14-9+,16-10-. The Balaban J connectivity index is 2.22. The second-order valence-electron chi connectivity index (χ2n) is 3.88. The molecule has 10 nitrogen and oxygen atoms in total. The fourth-order valence-electron chi connectivity index (χ4n) is 1.50. The average Bonchev–Trinajstić information content (AvgIpc) is 2.87. The van der Waals surface area contributed by atoms with E-state index >= 15 is 0 Å². The van der Waals surface area contributed by atoms with E-state index in [1.807, 2.05) is 0 Å². The first kappa shape index (κ1) is 15.1. The van der Waals surface area contributed by atoms with Gasteiger partial charge in [0, 0.05) is 0 Å². The van der Waals surface area contributed by atoms with Crippen LogP contribution in [-0.2, 0) is 4.74 Å². The Morgan fingerprint density at radius 1 is 1.27 bits per heavy atom. The third-order valence-corrected chi connectivity index (χ3v) is 2.48. The normalized spacial score (nSPS) is 12.2. The summed E-state index contributed by atoms with van der Waals surface area (Å²) in [5.74, 6) is -0.435. The third-order valence-electron chi connectivity index (χ3n) is 2.48. The Labute approximate surface area is 122 Å². The second kappa shape index (κ2) is 6.92. The fourth-order valence-corrected chi connectivity index (χ4v) is 1.50. The molecule has 0 saturated heterocycles. The van der Waals surface area contributed by atoms with Gasteiger partial charge in [0.2, 0.25) is 10.8 Å². The Morgan fingerprint density at radius 2 is 2.00 bits per heavy atom. The van der Waals surface area contributed by atoms with Crippen molar-refractivity contribution in [3.8, 4) is 0 Å². The van der Waals surface area contributed by atoms with Crippen LogP contribution in [0.25, 0.3) is 0 Å². The Hall–Kier alpha value is -3.30. The maximum absolute atomic E-state index is 11.5. The van der Waals surface area contributed by atoms with Crippen LogP contribution < -0.4 is 21.8 Å². The van der Waals surface area contributed by atoms with Crippen molar-refractivity contribution in [2.75, 3.05) is 12.0 Å². The number of hydrogen-bond acceptors (Lipinski definition) is 9. The van der Waals surface area contributed by atoms with Crippen molar-refractivity contribution in [1.82, 2.24) is 10.2 Å². The molecule has 1 aromatic carbocycles. The number of nitrogens with one attached hydrogen (secondary N) is 1. The van der Waals surface area contributed by atoms with Crippen molar-refractivity contribution in [2.45, 2.75) is 6.92 Å². The molecule has 0 spiro atoms. The van der Waals surface area contributed by atoms with Gasteiger partial charge in [-0.15, -0.1) is 15.1 Å². The second-order valence-corrected chi connectivity index (χ2v) is 3.88. The highest BCUT2D eigenvalue weighted by Crippen LogP contribution is 2.10. The predicted molar refractivity (Wildman–Crippen MR) is 73.6 cm³/mol. The van der Waals surface area contributed by atoms with Crippen molar-refractivity contribution >= 4 is 11.7 Å². The highest BCUT2D eigenvalue weighted by molar-refractivity contribution is 5.89. The van der Waals surface area contributed by atoms with Crippen molar-refractivity contribution in [1.29, 1.82) is 0 Å². The number of benzene rings is 1. The van der Waals surface area contributed by atoms with Gasteiger partial charge in [0.1, 0.15) is 0 Å². The SMILES string of the molecule is CCOC(=O)c1ccc(N/N=c2/c(=O)nn/c2=N\N=O)cc1. The average molecular weight is 302 g/mol. The van der Waals surface area contributed by atoms with E-state index in [1.165, 1.54) is 12.1 Å². The third kappa shape index (κ3) is 3.42. The van der Waals surface area contributed by atoms with Crippen LogP contribution in [0.15, 0.2) is 44.5 Å². The molecule has 1 N–H and O–H groups in total. The maximum atomic E-state index is 11.5. The number of nitroso groups, excluding NO2 is 1. The van der Waals surface area contributed by atoms with Gasteiger partial charge < -0.3 is 4.74 Å². The van der Waals surface area contributed by atoms with Crippen LogP contribution in [0, 0.1) is 4.91 Å². The van der Waals surface area contributed by atoms with E-state index in [1.54, 1.807) is 19.1 Å². The van der Waals surface area contributed by atoms with Crippen molar-refractivity contribution < 1.29 is 9.53 Å². The van der Waals surface area contributed by atoms with Gasteiger partial charge >= 0.3 is 11.5 Å². The highest BCUT2D eigenvalue weighted by atomic mass is 16.5. The Morgan fingerprint density at radius 3 is 2.64 bits per heavy atom. The molecule has 0 unspecified atom stereocenters. The molecule has 0 bridgehead atoms. The molecule has 0 radical (unpaired) electrons. The summed E-state index contributed by atoms with van der Waals surface area (Å²) in [6.45, 7) is 2.00. The zero-order valence-electron chi connectivity index (χ0n) is 11.4. The van der Waals surface area contributed by atoms with Crippen LogP contribution in [0.3, 0.4) is 0 Å². The molecule has 112 valence electrons. The smallest absolute Gasteiger partial charge is 0.338 e. The van der Waals surface area contributed by atoms with E-state index in [4.69, 9.17) is 4.74 Å². The minimum atomic E-state index is -0.738. The van der Waals surface area contributed by atoms with Crippen LogP contribution >= 0.6 is 0 Å². The van der Waals surface area contributed by atoms with Gasteiger partial charge in [-0.3, -0.25) is 10.2 Å². The molecule has 0 aliphatic carbocycles. The lowest BCUT2D eigenvalue weighted by molar-refractivity contribution is 0.0526. The van der Waals surface area contributed by atoms with Crippen molar-refractivity contribution in [2.24, 2.45) is 15.5 Å². The predicted octanol–water partition coefficient (Wildman–Crippen LogP) is -0.601. The summed E-state index contributed by atoms with van der Waals surface area (Å²) >= 11 is 0. The Bertz CT molecular complexity index is 836. The molecular formula is C12H10N6O4. The number of nitrogens with zero attached hydrogens (tertiary/aromatic N) is 5. The summed E-state index contributed by atoms with van der Waals surface area (Å²) < 4.78 is 4.85. The molecule has 0 aliphatic heterocycles. The Kier molecular flexibility index (Phi) is 4.75. The number of ether oxygens (including phenoxy) is 1. The molecule has 22 heavy (non-hydrogen) atoms. The molecule has 10 heteroatoms. The van der Waals surface area contributed by atoms with Crippen LogP contribution in [0.5, 0.6) is 0 Å². The van der Waals surface area contributed by atoms with Gasteiger partial charge in [-0.1, -0.05) is 5.10 Å². The summed E-state index contributed by atoms with van der Waals surface area (Å²) in [7, 11) is 0. The number of rotatable bonds is 5. The minimum Gasteiger partial charge on any atom is -0.462 e. The van der Waals surface area contributed by atoms with Gasteiger partial charge in [-0.25, -0.2) is 4.79 Å². The molecule has 0 atom stereocenters. The van der Waals surface area contributed by atoms with Gasteiger partial charge in [0.15, 0.2) is 0 Å². The van der Waals surface area contributed by atoms with E-state index < -0.39 is 11.5 Å². The van der Waals surface area contributed by atoms with E-state index in [9.17, 15) is 14.5 Å². The highest BCUT2D eigenvalue weighted by Gasteiger charge is 2.05. The number of esters is 1. The lowest BCUT2D eigenvalue weighted by Crippen LogP contribution is -2.34.